The lowest BCUT2D eigenvalue weighted by Crippen LogP contribution is -2.35. The maximum absolute atomic E-state index is 13.0. The molecule has 34 heavy (non-hydrogen) atoms. The number of rotatable bonds is 7. The predicted octanol–water partition coefficient (Wildman–Crippen LogP) is 4.64. The van der Waals surface area contributed by atoms with E-state index in [1.54, 1.807) is 37.3 Å². The number of nitrogens with one attached hydrogen (secondary N) is 3. The highest BCUT2D eigenvalue weighted by atomic mass is 16.5. The molecule has 1 aliphatic heterocycles. The van der Waals surface area contributed by atoms with E-state index in [2.05, 4.69) is 27.8 Å². The third-order valence-electron chi connectivity index (χ3n) is 6.19. The highest BCUT2D eigenvalue weighted by Crippen LogP contribution is 2.30. The molecule has 0 unspecified atom stereocenters. The van der Waals surface area contributed by atoms with Crippen molar-refractivity contribution in [1.82, 2.24) is 5.32 Å². The minimum atomic E-state index is -0.433. The first-order valence-electron chi connectivity index (χ1n) is 12.0. The van der Waals surface area contributed by atoms with E-state index in [0.29, 0.717) is 35.0 Å². The molecule has 0 bridgehead atoms. The summed E-state index contributed by atoms with van der Waals surface area (Å²) in [5.41, 5.74) is 2.98. The second kappa shape index (κ2) is 10.6. The molecule has 2 aromatic carbocycles. The number of benzene rings is 2. The monoisotopic (exact) mass is 464 g/mol. The lowest BCUT2D eigenvalue weighted by atomic mass is 9.98. The summed E-state index contributed by atoms with van der Waals surface area (Å²) < 4.78 is 4.97. The number of urea groups is 1. The number of hydrogen-bond acceptors (Lipinski definition) is 5. The zero-order chi connectivity index (χ0) is 24.1. The van der Waals surface area contributed by atoms with Crippen LogP contribution in [0, 0.1) is 5.92 Å². The van der Waals surface area contributed by atoms with Crippen molar-refractivity contribution in [1.29, 1.82) is 0 Å². The van der Waals surface area contributed by atoms with Crippen LogP contribution < -0.4 is 20.9 Å². The van der Waals surface area contributed by atoms with E-state index < -0.39 is 12.0 Å². The van der Waals surface area contributed by atoms with Gasteiger partial charge < -0.3 is 25.6 Å². The number of anilines is 3. The van der Waals surface area contributed by atoms with E-state index in [0.717, 1.165) is 44.5 Å². The Bertz CT molecular complexity index is 1040. The van der Waals surface area contributed by atoms with Crippen LogP contribution in [0.25, 0.3) is 0 Å². The van der Waals surface area contributed by atoms with Crippen molar-refractivity contribution < 1.29 is 19.1 Å². The van der Waals surface area contributed by atoms with Gasteiger partial charge >= 0.3 is 12.0 Å². The largest absolute Gasteiger partial charge is 0.462 e. The summed E-state index contributed by atoms with van der Waals surface area (Å²) in [4.78, 5) is 39.6. The normalized spacial score (nSPS) is 16.0. The number of piperidine rings is 1. The van der Waals surface area contributed by atoms with Crippen LogP contribution in [0.1, 0.15) is 60.2 Å². The van der Waals surface area contributed by atoms with E-state index in [1.807, 2.05) is 12.1 Å². The van der Waals surface area contributed by atoms with Crippen LogP contribution in [0.5, 0.6) is 0 Å². The molecule has 2 aliphatic rings. The number of carbonyl (C=O) groups is 3. The SMILES string of the molecule is CCOC(=O)c1ccc(NC(=O)Nc2ccc(N3CCC(C)CC3)c(C(=O)NC3CC3)c2)cc1. The van der Waals surface area contributed by atoms with Crippen LogP contribution in [-0.4, -0.2) is 43.6 Å². The van der Waals surface area contributed by atoms with E-state index in [4.69, 9.17) is 4.74 Å². The predicted molar refractivity (Wildman–Crippen MR) is 133 cm³/mol. The number of amides is 3. The average Bonchev–Trinajstić information content (AvgIpc) is 3.64. The van der Waals surface area contributed by atoms with Crippen molar-refractivity contribution in [2.45, 2.75) is 45.6 Å². The highest BCUT2D eigenvalue weighted by molar-refractivity contribution is 6.04. The maximum atomic E-state index is 13.0. The maximum Gasteiger partial charge on any atom is 0.338 e. The number of esters is 1. The first kappa shape index (κ1) is 23.6. The summed E-state index contributed by atoms with van der Waals surface area (Å²) in [5, 5.41) is 8.63. The molecule has 1 heterocycles. The Morgan fingerprint density at radius 2 is 1.59 bits per heavy atom. The summed E-state index contributed by atoms with van der Waals surface area (Å²) in [6.07, 6.45) is 4.22. The Hall–Kier alpha value is -3.55. The average molecular weight is 465 g/mol. The van der Waals surface area contributed by atoms with Gasteiger partial charge in [0.15, 0.2) is 0 Å². The fourth-order valence-electron chi connectivity index (χ4n) is 4.01. The molecule has 0 radical (unpaired) electrons. The number of carbonyl (C=O) groups excluding carboxylic acids is 3. The molecule has 4 rings (SSSR count). The summed E-state index contributed by atoms with van der Waals surface area (Å²) in [6.45, 7) is 6.14. The zero-order valence-electron chi connectivity index (χ0n) is 19.7. The molecule has 0 spiro atoms. The van der Waals surface area contributed by atoms with Gasteiger partial charge in [-0.2, -0.15) is 0 Å². The van der Waals surface area contributed by atoms with Gasteiger partial charge in [-0.15, -0.1) is 0 Å². The lowest BCUT2D eigenvalue weighted by molar-refractivity contribution is 0.0526. The molecule has 1 aliphatic carbocycles. The van der Waals surface area contributed by atoms with E-state index in [9.17, 15) is 14.4 Å². The van der Waals surface area contributed by atoms with Crippen LogP contribution in [0.3, 0.4) is 0 Å². The van der Waals surface area contributed by atoms with Crippen molar-refractivity contribution in [2.24, 2.45) is 5.92 Å². The summed E-state index contributed by atoms with van der Waals surface area (Å²) in [7, 11) is 0. The van der Waals surface area contributed by atoms with Crippen LogP contribution in [0.15, 0.2) is 42.5 Å². The summed E-state index contributed by atoms with van der Waals surface area (Å²) >= 11 is 0. The quantitative estimate of drug-likeness (QED) is 0.519. The van der Waals surface area contributed by atoms with Crippen LogP contribution in [0.2, 0.25) is 0 Å². The Kier molecular flexibility index (Phi) is 7.35. The first-order valence-corrected chi connectivity index (χ1v) is 12.0. The fraction of sp³-hybridized carbons (Fsp3) is 0.423. The molecule has 180 valence electrons. The second-order valence-electron chi connectivity index (χ2n) is 9.03. The Labute approximate surface area is 200 Å². The van der Waals surface area contributed by atoms with Crippen molar-refractivity contribution >= 4 is 35.0 Å². The van der Waals surface area contributed by atoms with Crippen molar-refractivity contribution in [2.75, 3.05) is 35.2 Å². The lowest BCUT2D eigenvalue weighted by Gasteiger charge is -2.33. The summed E-state index contributed by atoms with van der Waals surface area (Å²) in [6, 6.07) is 11.8. The Morgan fingerprint density at radius 1 is 0.941 bits per heavy atom. The van der Waals surface area contributed by atoms with Crippen LogP contribution in [-0.2, 0) is 4.74 Å². The topological polar surface area (TPSA) is 99.8 Å². The molecule has 2 aromatic rings. The standard InChI is InChI=1S/C26H32N4O4/c1-3-34-25(32)18-4-6-20(7-5-18)28-26(33)29-21-10-11-23(30-14-12-17(2)13-15-30)22(16-21)24(31)27-19-8-9-19/h4-7,10-11,16-17,19H,3,8-9,12-15H2,1-2H3,(H,27,31)(H2,28,29,33). The molecule has 8 nitrogen and oxygen atoms in total. The third-order valence-corrected chi connectivity index (χ3v) is 6.19. The second-order valence-corrected chi connectivity index (χ2v) is 9.03. The van der Waals surface area contributed by atoms with Gasteiger partial charge in [-0.25, -0.2) is 9.59 Å². The molecule has 8 heteroatoms. The molecule has 0 aromatic heterocycles. The van der Waals surface area contributed by atoms with Crippen LogP contribution in [0.4, 0.5) is 21.9 Å². The Balaban J connectivity index is 1.45. The molecule has 1 saturated heterocycles. The van der Waals surface area contributed by atoms with Gasteiger partial charge in [0.05, 0.1) is 17.7 Å². The van der Waals surface area contributed by atoms with Gasteiger partial charge in [-0.3, -0.25) is 4.79 Å². The molecule has 3 N–H and O–H groups in total. The van der Waals surface area contributed by atoms with Gasteiger partial charge in [0.25, 0.3) is 5.91 Å². The number of nitrogens with zero attached hydrogens (tertiary/aromatic N) is 1. The smallest absolute Gasteiger partial charge is 0.338 e. The zero-order valence-corrected chi connectivity index (χ0v) is 19.7. The van der Waals surface area contributed by atoms with E-state index in [1.165, 1.54) is 0 Å². The first-order chi connectivity index (χ1) is 16.4. The summed E-state index contributed by atoms with van der Waals surface area (Å²) in [5.74, 6) is 0.185. The van der Waals surface area contributed by atoms with Crippen molar-refractivity contribution in [3.8, 4) is 0 Å². The van der Waals surface area contributed by atoms with Crippen molar-refractivity contribution in [3.05, 3.63) is 53.6 Å². The molecule has 2 fully saturated rings. The Morgan fingerprint density at radius 3 is 2.24 bits per heavy atom. The molecular weight excluding hydrogens is 432 g/mol. The van der Waals surface area contributed by atoms with Gasteiger partial charge in [0.1, 0.15) is 0 Å². The van der Waals surface area contributed by atoms with Gasteiger partial charge in [0.2, 0.25) is 0 Å². The highest BCUT2D eigenvalue weighted by Gasteiger charge is 2.27. The number of ether oxygens (including phenoxy) is 1. The molecule has 0 atom stereocenters. The molecular formula is C26H32N4O4. The van der Waals surface area contributed by atoms with Gasteiger partial charge in [-0.05, 0) is 81.0 Å². The minimum Gasteiger partial charge on any atom is -0.462 e. The van der Waals surface area contributed by atoms with E-state index in [-0.39, 0.29) is 11.9 Å². The van der Waals surface area contributed by atoms with Crippen LogP contribution >= 0.6 is 0 Å². The van der Waals surface area contributed by atoms with Gasteiger partial charge in [-0.1, -0.05) is 6.92 Å². The molecule has 3 amide bonds. The van der Waals surface area contributed by atoms with E-state index >= 15 is 0 Å². The minimum absolute atomic E-state index is 0.102. The number of hydrogen-bond donors (Lipinski definition) is 3. The fourth-order valence-corrected chi connectivity index (χ4v) is 4.01. The third kappa shape index (κ3) is 6.07. The van der Waals surface area contributed by atoms with Crippen molar-refractivity contribution in [3.63, 3.8) is 0 Å². The molecule has 1 saturated carbocycles. The van der Waals surface area contributed by atoms with Gasteiger partial charge in [0, 0.05) is 36.2 Å².